The summed E-state index contributed by atoms with van der Waals surface area (Å²) in [6, 6.07) is 1.87. The Morgan fingerprint density at radius 2 is 2.21 bits per heavy atom. The zero-order valence-electron chi connectivity index (χ0n) is 11.7. The lowest BCUT2D eigenvalue weighted by Gasteiger charge is -2.18. The number of amides is 1. The molecule has 0 bridgehead atoms. The third-order valence-corrected chi connectivity index (χ3v) is 3.07. The van der Waals surface area contributed by atoms with Gasteiger partial charge in [0.05, 0.1) is 6.54 Å². The average molecular weight is 263 g/mol. The molecule has 0 radical (unpaired) electrons. The molecule has 0 spiro atoms. The molecule has 1 aromatic rings. The van der Waals surface area contributed by atoms with Gasteiger partial charge in [-0.05, 0) is 19.8 Å². The van der Waals surface area contributed by atoms with Crippen LogP contribution in [0.2, 0.25) is 0 Å². The zero-order chi connectivity index (χ0) is 13.8. The van der Waals surface area contributed by atoms with Crippen LogP contribution in [-0.2, 0) is 4.79 Å². The molecule has 1 aliphatic rings. The molecule has 1 fully saturated rings. The number of nitrogens with one attached hydrogen (secondary N) is 2. The van der Waals surface area contributed by atoms with E-state index in [0.29, 0.717) is 19.0 Å². The van der Waals surface area contributed by atoms with Crippen molar-refractivity contribution in [2.24, 2.45) is 0 Å². The summed E-state index contributed by atoms with van der Waals surface area (Å²) < 4.78 is 0. The van der Waals surface area contributed by atoms with Crippen LogP contribution >= 0.6 is 0 Å². The smallest absolute Gasteiger partial charge is 0.239 e. The van der Waals surface area contributed by atoms with E-state index in [4.69, 9.17) is 0 Å². The first kappa shape index (κ1) is 13.6. The summed E-state index contributed by atoms with van der Waals surface area (Å²) in [6.07, 6.45) is 2.32. The molecule has 0 atom stereocenters. The molecule has 2 N–H and O–H groups in total. The van der Waals surface area contributed by atoms with Crippen LogP contribution in [0.4, 0.5) is 11.6 Å². The van der Waals surface area contributed by atoms with Crippen molar-refractivity contribution < 1.29 is 4.79 Å². The summed E-state index contributed by atoms with van der Waals surface area (Å²) in [5, 5.41) is 5.83. The van der Waals surface area contributed by atoms with Gasteiger partial charge in [-0.25, -0.2) is 9.97 Å². The first-order valence-electron chi connectivity index (χ1n) is 6.68. The van der Waals surface area contributed by atoms with Crippen LogP contribution in [0.3, 0.4) is 0 Å². The standard InChI is InChI=1S/C13H21N5O/c1-4-15-12(19)8-18(3)11-7-10(14-2)16-13(17-11)9-5-6-9/h7,9H,4-6,8H2,1-3H3,(H,15,19)(H,14,16,17). The summed E-state index contributed by atoms with van der Waals surface area (Å²) in [4.78, 5) is 22.5. The normalized spacial score (nSPS) is 14.1. The minimum absolute atomic E-state index is 0.00240. The van der Waals surface area contributed by atoms with Gasteiger partial charge in [0.2, 0.25) is 5.91 Å². The first-order chi connectivity index (χ1) is 9.13. The predicted octanol–water partition coefficient (Wildman–Crippen LogP) is 0.968. The second-order valence-electron chi connectivity index (χ2n) is 4.80. The second kappa shape index (κ2) is 5.86. The monoisotopic (exact) mass is 263 g/mol. The average Bonchev–Trinajstić information content (AvgIpc) is 3.22. The minimum Gasteiger partial charge on any atom is -0.373 e. The van der Waals surface area contributed by atoms with Gasteiger partial charge in [-0.1, -0.05) is 0 Å². The lowest BCUT2D eigenvalue weighted by Crippen LogP contribution is -2.35. The number of carbonyl (C=O) groups excluding carboxylic acids is 1. The topological polar surface area (TPSA) is 70.2 Å². The summed E-state index contributed by atoms with van der Waals surface area (Å²) >= 11 is 0. The maximum Gasteiger partial charge on any atom is 0.239 e. The largest absolute Gasteiger partial charge is 0.373 e. The van der Waals surface area contributed by atoms with Crippen molar-refractivity contribution in [3.63, 3.8) is 0 Å². The molecular weight excluding hydrogens is 242 g/mol. The molecule has 19 heavy (non-hydrogen) atoms. The van der Waals surface area contributed by atoms with Crippen molar-refractivity contribution in [2.45, 2.75) is 25.7 Å². The molecule has 1 amide bonds. The minimum atomic E-state index is 0.00240. The van der Waals surface area contributed by atoms with Crippen molar-refractivity contribution >= 4 is 17.5 Å². The predicted molar refractivity (Wildman–Crippen MR) is 75.5 cm³/mol. The molecule has 0 aromatic carbocycles. The highest BCUT2D eigenvalue weighted by atomic mass is 16.2. The molecule has 1 heterocycles. The number of hydrogen-bond donors (Lipinski definition) is 2. The van der Waals surface area contributed by atoms with Gasteiger partial charge >= 0.3 is 0 Å². The molecule has 6 heteroatoms. The summed E-state index contributed by atoms with van der Waals surface area (Å²) in [5.74, 6) is 2.96. The van der Waals surface area contributed by atoms with E-state index in [1.807, 2.05) is 32.0 Å². The van der Waals surface area contributed by atoms with Crippen molar-refractivity contribution in [1.29, 1.82) is 0 Å². The van der Waals surface area contributed by atoms with Crippen molar-refractivity contribution in [3.8, 4) is 0 Å². The van der Waals surface area contributed by atoms with Crippen LogP contribution in [0.1, 0.15) is 31.5 Å². The molecule has 0 unspecified atom stereocenters. The van der Waals surface area contributed by atoms with Crippen molar-refractivity contribution in [2.75, 3.05) is 37.4 Å². The van der Waals surface area contributed by atoms with E-state index in [9.17, 15) is 4.79 Å². The van der Waals surface area contributed by atoms with Crippen LogP contribution in [0, 0.1) is 0 Å². The fourth-order valence-electron chi connectivity index (χ4n) is 1.85. The lowest BCUT2D eigenvalue weighted by molar-refractivity contribution is -0.119. The van der Waals surface area contributed by atoms with Crippen LogP contribution < -0.4 is 15.5 Å². The lowest BCUT2D eigenvalue weighted by atomic mass is 10.3. The Morgan fingerprint density at radius 3 is 2.79 bits per heavy atom. The zero-order valence-corrected chi connectivity index (χ0v) is 11.7. The summed E-state index contributed by atoms with van der Waals surface area (Å²) in [6.45, 7) is 2.86. The van der Waals surface area contributed by atoms with Crippen LogP contribution in [0.25, 0.3) is 0 Å². The highest BCUT2D eigenvalue weighted by Crippen LogP contribution is 2.39. The number of carbonyl (C=O) groups is 1. The molecular formula is C13H21N5O. The van der Waals surface area contributed by atoms with Gasteiger partial charge in [-0.2, -0.15) is 0 Å². The first-order valence-corrected chi connectivity index (χ1v) is 6.68. The Bertz CT molecular complexity index is 458. The third kappa shape index (κ3) is 3.56. The highest BCUT2D eigenvalue weighted by molar-refractivity contribution is 5.80. The van der Waals surface area contributed by atoms with E-state index >= 15 is 0 Å². The fourth-order valence-corrected chi connectivity index (χ4v) is 1.85. The number of aromatic nitrogens is 2. The van der Waals surface area contributed by atoms with Crippen LogP contribution in [0.5, 0.6) is 0 Å². The SMILES string of the molecule is CCNC(=O)CN(C)c1cc(NC)nc(C2CC2)n1. The van der Waals surface area contributed by atoms with Crippen LogP contribution in [0.15, 0.2) is 6.07 Å². The van der Waals surface area contributed by atoms with E-state index in [2.05, 4.69) is 20.6 Å². The fraction of sp³-hybridized carbons (Fsp3) is 0.615. The molecule has 1 saturated carbocycles. The number of hydrogen-bond acceptors (Lipinski definition) is 5. The maximum absolute atomic E-state index is 11.6. The maximum atomic E-state index is 11.6. The molecule has 1 aromatic heterocycles. The highest BCUT2D eigenvalue weighted by Gasteiger charge is 2.27. The Labute approximate surface area is 113 Å². The van der Waals surface area contributed by atoms with Gasteiger partial charge in [0.15, 0.2) is 0 Å². The third-order valence-electron chi connectivity index (χ3n) is 3.07. The van der Waals surface area contributed by atoms with Gasteiger partial charge < -0.3 is 15.5 Å². The van der Waals surface area contributed by atoms with E-state index in [0.717, 1.165) is 30.3 Å². The molecule has 0 saturated heterocycles. The van der Waals surface area contributed by atoms with Crippen molar-refractivity contribution in [1.82, 2.24) is 15.3 Å². The van der Waals surface area contributed by atoms with Crippen LogP contribution in [-0.4, -0.2) is 43.1 Å². The molecule has 104 valence electrons. The van der Waals surface area contributed by atoms with Gasteiger partial charge in [-0.3, -0.25) is 4.79 Å². The number of nitrogens with zero attached hydrogens (tertiary/aromatic N) is 3. The molecule has 2 rings (SSSR count). The summed E-state index contributed by atoms with van der Waals surface area (Å²) in [5.41, 5.74) is 0. The Kier molecular flexibility index (Phi) is 4.19. The number of likely N-dealkylation sites (N-methyl/N-ethyl adjacent to an activating group) is 2. The quantitative estimate of drug-likeness (QED) is 0.800. The van der Waals surface area contributed by atoms with Gasteiger partial charge in [-0.15, -0.1) is 0 Å². The Morgan fingerprint density at radius 1 is 1.47 bits per heavy atom. The number of rotatable bonds is 6. The van der Waals surface area contributed by atoms with E-state index < -0.39 is 0 Å². The molecule has 0 aliphatic heterocycles. The van der Waals surface area contributed by atoms with E-state index in [1.54, 1.807) is 0 Å². The number of anilines is 2. The summed E-state index contributed by atoms with van der Waals surface area (Å²) in [7, 11) is 3.71. The van der Waals surface area contributed by atoms with Gasteiger partial charge in [0, 0.05) is 32.6 Å². The van der Waals surface area contributed by atoms with Gasteiger partial charge in [0.1, 0.15) is 17.5 Å². The molecule has 1 aliphatic carbocycles. The second-order valence-corrected chi connectivity index (χ2v) is 4.80. The van der Waals surface area contributed by atoms with Crippen molar-refractivity contribution in [3.05, 3.63) is 11.9 Å². The Hall–Kier alpha value is -1.85. The molecule has 6 nitrogen and oxygen atoms in total. The van der Waals surface area contributed by atoms with Gasteiger partial charge in [0.25, 0.3) is 0 Å². The Balaban J connectivity index is 2.13. The van der Waals surface area contributed by atoms with E-state index in [-0.39, 0.29) is 5.91 Å². The van der Waals surface area contributed by atoms with E-state index in [1.165, 1.54) is 0 Å².